The van der Waals surface area contributed by atoms with Gasteiger partial charge in [0.2, 0.25) is 11.8 Å². The number of carbonyl (C=O) groups excluding carboxylic acids is 2. The third-order valence-electron chi connectivity index (χ3n) is 5.60. The van der Waals surface area contributed by atoms with E-state index in [0.29, 0.717) is 6.42 Å². The zero-order valence-electron chi connectivity index (χ0n) is 19.0. The lowest BCUT2D eigenvalue weighted by molar-refractivity contribution is -0.142. The first kappa shape index (κ1) is 25.3. The number of hydrogen-bond donors (Lipinski definition) is 5. The van der Waals surface area contributed by atoms with Crippen molar-refractivity contribution < 1.29 is 19.5 Å². The number of amides is 2. The molecule has 0 bridgehead atoms. The highest BCUT2D eigenvalue weighted by Gasteiger charge is 2.28. The number of thioether (sulfide) groups is 1. The molecule has 9 heteroatoms. The zero-order valence-corrected chi connectivity index (χ0v) is 19.8. The van der Waals surface area contributed by atoms with Crippen molar-refractivity contribution in [3.05, 3.63) is 71.9 Å². The number of aliphatic carboxylic acids is 1. The maximum absolute atomic E-state index is 13.2. The van der Waals surface area contributed by atoms with Crippen LogP contribution in [0.1, 0.15) is 17.5 Å². The summed E-state index contributed by atoms with van der Waals surface area (Å²) in [4.78, 5) is 40.9. The molecule has 2 aromatic carbocycles. The monoisotopic (exact) mass is 482 g/mol. The zero-order chi connectivity index (χ0) is 24.5. The Morgan fingerprint density at radius 2 is 1.65 bits per heavy atom. The number of para-hydroxylation sites is 1. The van der Waals surface area contributed by atoms with Gasteiger partial charge in [0.15, 0.2) is 0 Å². The van der Waals surface area contributed by atoms with E-state index in [1.54, 1.807) is 18.0 Å². The molecule has 0 aliphatic rings. The van der Waals surface area contributed by atoms with Gasteiger partial charge in [-0.2, -0.15) is 11.8 Å². The predicted molar refractivity (Wildman–Crippen MR) is 135 cm³/mol. The molecule has 0 saturated heterocycles. The highest BCUT2D eigenvalue weighted by Crippen LogP contribution is 2.19. The van der Waals surface area contributed by atoms with Gasteiger partial charge in [-0.05, 0) is 35.6 Å². The maximum atomic E-state index is 13.2. The molecular formula is C25H30N4O4S. The summed E-state index contributed by atoms with van der Waals surface area (Å²) in [5.74, 6) is -1.44. The Morgan fingerprint density at radius 1 is 0.971 bits per heavy atom. The van der Waals surface area contributed by atoms with E-state index in [9.17, 15) is 19.5 Å². The van der Waals surface area contributed by atoms with Crippen LogP contribution in [0, 0.1) is 0 Å². The van der Waals surface area contributed by atoms with E-state index >= 15 is 0 Å². The van der Waals surface area contributed by atoms with Crippen LogP contribution in [0.25, 0.3) is 10.9 Å². The number of carbonyl (C=O) groups is 3. The van der Waals surface area contributed by atoms with Crippen molar-refractivity contribution in [1.29, 1.82) is 0 Å². The molecule has 180 valence electrons. The molecule has 1 aromatic heterocycles. The Balaban J connectivity index is 1.75. The molecule has 2 amide bonds. The van der Waals surface area contributed by atoms with Crippen molar-refractivity contribution >= 4 is 40.4 Å². The van der Waals surface area contributed by atoms with E-state index in [-0.39, 0.29) is 12.8 Å². The second-order valence-corrected chi connectivity index (χ2v) is 9.09. The molecule has 0 aliphatic heterocycles. The average Bonchev–Trinajstić information content (AvgIpc) is 3.25. The number of hydrogen-bond acceptors (Lipinski definition) is 5. The van der Waals surface area contributed by atoms with Crippen molar-refractivity contribution in [1.82, 2.24) is 15.6 Å². The first-order valence-electron chi connectivity index (χ1n) is 11.1. The van der Waals surface area contributed by atoms with Gasteiger partial charge in [0.05, 0.1) is 6.04 Å². The van der Waals surface area contributed by atoms with Gasteiger partial charge in [0, 0.05) is 29.9 Å². The van der Waals surface area contributed by atoms with Crippen LogP contribution < -0.4 is 16.4 Å². The molecule has 34 heavy (non-hydrogen) atoms. The number of nitrogens with one attached hydrogen (secondary N) is 3. The molecule has 0 radical (unpaired) electrons. The van der Waals surface area contributed by atoms with E-state index in [1.165, 1.54) is 0 Å². The minimum atomic E-state index is -1.16. The summed E-state index contributed by atoms with van der Waals surface area (Å²) in [7, 11) is 0. The van der Waals surface area contributed by atoms with Gasteiger partial charge in [-0.15, -0.1) is 0 Å². The molecule has 8 nitrogen and oxygen atoms in total. The SMILES string of the molecule is CSCCC(N)C(=O)NC(Cc1ccccc1)C(=O)NC(Cc1c[nH]c2ccccc12)C(=O)O. The van der Waals surface area contributed by atoms with Crippen molar-refractivity contribution in [3.63, 3.8) is 0 Å². The normalized spacial score (nSPS) is 13.7. The summed E-state index contributed by atoms with van der Waals surface area (Å²) in [6, 6.07) is 13.9. The Kier molecular flexibility index (Phi) is 9.12. The number of aromatic amines is 1. The molecular weight excluding hydrogens is 452 g/mol. The van der Waals surface area contributed by atoms with Crippen LogP contribution in [0.5, 0.6) is 0 Å². The molecule has 6 N–H and O–H groups in total. The summed E-state index contributed by atoms with van der Waals surface area (Å²) < 4.78 is 0. The lowest BCUT2D eigenvalue weighted by Gasteiger charge is -2.23. The first-order chi connectivity index (χ1) is 16.4. The minimum Gasteiger partial charge on any atom is -0.480 e. The van der Waals surface area contributed by atoms with E-state index < -0.39 is 35.9 Å². The fourth-order valence-corrected chi connectivity index (χ4v) is 4.20. The smallest absolute Gasteiger partial charge is 0.326 e. The third kappa shape index (κ3) is 6.85. The number of nitrogens with two attached hydrogens (primary N) is 1. The molecule has 3 aromatic rings. The molecule has 0 aliphatic carbocycles. The van der Waals surface area contributed by atoms with Gasteiger partial charge >= 0.3 is 5.97 Å². The molecule has 1 heterocycles. The number of benzene rings is 2. The molecule has 3 rings (SSSR count). The molecule has 0 fully saturated rings. The largest absolute Gasteiger partial charge is 0.480 e. The second-order valence-electron chi connectivity index (χ2n) is 8.10. The molecule has 0 saturated carbocycles. The Morgan fingerprint density at radius 3 is 2.35 bits per heavy atom. The van der Waals surface area contributed by atoms with Crippen LogP contribution in [0.4, 0.5) is 0 Å². The molecule has 3 unspecified atom stereocenters. The number of aromatic nitrogens is 1. The minimum absolute atomic E-state index is 0.102. The number of carboxylic acid groups (broad SMARTS) is 1. The van der Waals surface area contributed by atoms with E-state index in [4.69, 9.17) is 5.73 Å². The van der Waals surface area contributed by atoms with Crippen LogP contribution in [0.15, 0.2) is 60.8 Å². The summed E-state index contributed by atoms with van der Waals surface area (Å²) in [5, 5.41) is 16.0. The second kappa shape index (κ2) is 12.2. The van der Waals surface area contributed by atoms with Crippen molar-refractivity contribution in [3.8, 4) is 0 Å². The van der Waals surface area contributed by atoms with Crippen LogP contribution >= 0.6 is 11.8 Å². The number of H-pyrrole nitrogens is 1. The fourth-order valence-electron chi connectivity index (χ4n) is 3.71. The van der Waals surface area contributed by atoms with Crippen molar-refractivity contribution in [2.24, 2.45) is 5.73 Å². The Hall–Kier alpha value is -3.30. The fraction of sp³-hybridized carbons (Fsp3) is 0.320. The first-order valence-corrected chi connectivity index (χ1v) is 12.5. The molecule has 3 atom stereocenters. The van der Waals surface area contributed by atoms with Crippen molar-refractivity contribution in [2.45, 2.75) is 37.4 Å². The number of rotatable bonds is 12. The van der Waals surface area contributed by atoms with E-state index in [1.807, 2.05) is 60.9 Å². The Labute approximate surface area is 202 Å². The summed E-state index contributed by atoms with van der Waals surface area (Å²) in [6.07, 6.45) is 4.47. The maximum Gasteiger partial charge on any atom is 0.326 e. The van der Waals surface area contributed by atoms with Gasteiger partial charge < -0.3 is 26.5 Å². The van der Waals surface area contributed by atoms with Gasteiger partial charge in [0.1, 0.15) is 12.1 Å². The van der Waals surface area contributed by atoms with Crippen LogP contribution in [-0.2, 0) is 27.2 Å². The quantitative estimate of drug-likeness (QED) is 0.268. The highest BCUT2D eigenvalue weighted by molar-refractivity contribution is 7.98. The summed E-state index contributed by atoms with van der Waals surface area (Å²) in [6.45, 7) is 0. The topological polar surface area (TPSA) is 137 Å². The van der Waals surface area contributed by atoms with Crippen LogP contribution in [0.2, 0.25) is 0 Å². The van der Waals surface area contributed by atoms with Crippen LogP contribution in [0.3, 0.4) is 0 Å². The average molecular weight is 483 g/mol. The highest BCUT2D eigenvalue weighted by atomic mass is 32.2. The number of carboxylic acids is 1. The lowest BCUT2D eigenvalue weighted by atomic mass is 10.0. The molecule has 0 spiro atoms. The van der Waals surface area contributed by atoms with Crippen LogP contribution in [-0.4, -0.2) is 58.0 Å². The van der Waals surface area contributed by atoms with Gasteiger partial charge in [-0.25, -0.2) is 4.79 Å². The Bertz CT molecular complexity index is 1120. The summed E-state index contributed by atoms with van der Waals surface area (Å²) >= 11 is 1.58. The van der Waals surface area contributed by atoms with Gasteiger partial charge in [-0.3, -0.25) is 9.59 Å². The third-order valence-corrected chi connectivity index (χ3v) is 6.24. The van der Waals surface area contributed by atoms with Gasteiger partial charge in [-0.1, -0.05) is 48.5 Å². The number of fused-ring (bicyclic) bond motifs is 1. The van der Waals surface area contributed by atoms with Crippen molar-refractivity contribution in [2.75, 3.05) is 12.0 Å². The van der Waals surface area contributed by atoms with E-state index in [2.05, 4.69) is 15.6 Å². The van der Waals surface area contributed by atoms with E-state index in [0.717, 1.165) is 27.8 Å². The predicted octanol–water partition coefficient (Wildman–Crippen LogP) is 2.09. The summed E-state index contributed by atoms with van der Waals surface area (Å²) in [5.41, 5.74) is 8.49. The standard InChI is InChI=1S/C25H30N4O4S/c1-34-12-11-19(26)23(30)28-21(13-16-7-3-2-4-8-16)24(31)29-22(25(32)33)14-17-15-27-20-10-6-5-9-18(17)20/h2-10,15,19,21-22,27H,11-14,26H2,1H3,(H,28,30)(H,29,31)(H,32,33). The lowest BCUT2D eigenvalue weighted by Crippen LogP contribution is -2.55. The van der Waals surface area contributed by atoms with Gasteiger partial charge in [0.25, 0.3) is 0 Å².